The number of aryl methyl sites for hydroxylation is 1. The summed E-state index contributed by atoms with van der Waals surface area (Å²) in [5.41, 5.74) is 4.77. The average Bonchev–Trinajstić information content (AvgIpc) is 4.03. The number of halogens is 3. The Balaban J connectivity index is 1.18. The van der Waals surface area contributed by atoms with Crippen molar-refractivity contribution in [2.24, 2.45) is 18.4 Å². The zero-order valence-electron chi connectivity index (χ0n) is 42.0. The van der Waals surface area contributed by atoms with Crippen LogP contribution in [0.3, 0.4) is 0 Å². The topological polar surface area (TPSA) is 199 Å². The molecular formula is C50H64F3N11O8. The van der Waals surface area contributed by atoms with E-state index in [-0.39, 0.29) is 56.9 Å². The van der Waals surface area contributed by atoms with Gasteiger partial charge in [0, 0.05) is 80.9 Å². The molecule has 72 heavy (non-hydrogen) atoms. The Bertz CT molecular complexity index is 2740. The van der Waals surface area contributed by atoms with Gasteiger partial charge in [-0.1, -0.05) is 34.3 Å². The quantitative estimate of drug-likeness (QED) is 0.175. The van der Waals surface area contributed by atoms with Gasteiger partial charge in [-0.15, -0.1) is 0 Å². The largest absolute Gasteiger partial charge is 0.464 e. The molecule has 5 amide bonds. The number of fused-ring (bicyclic) bond motifs is 7. The summed E-state index contributed by atoms with van der Waals surface area (Å²) in [7, 11) is 4.68. The molecule has 0 radical (unpaired) electrons. The lowest BCUT2D eigenvalue weighted by Gasteiger charge is -2.37. The van der Waals surface area contributed by atoms with E-state index in [4.69, 9.17) is 19.2 Å². The van der Waals surface area contributed by atoms with E-state index in [0.717, 1.165) is 0 Å². The number of alkyl halides is 3. The van der Waals surface area contributed by atoms with Gasteiger partial charge >= 0.3 is 18.2 Å². The predicted octanol–water partition coefficient (Wildman–Crippen LogP) is 4.59. The molecule has 3 aromatic heterocycles. The molecule has 0 saturated carbocycles. The second-order valence-corrected chi connectivity index (χ2v) is 20.3. The van der Waals surface area contributed by atoms with Crippen LogP contribution in [-0.4, -0.2) is 164 Å². The summed E-state index contributed by atoms with van der Waals surface area (Å²) in [6.07, 6.45) is -2.12. The number of carbonyl (C=O) groups is 5. The number of cyclic esters (lactones) is 1. The number of ether oxygens (including phenoxy) is 3. The molecule has 3 fully saturated rings. The lowest BCUT2D eigenvalue weighted by atomic mass is 9.84. The van der Waals surface area contributed by atoms with Gasteiger partial charge in [0.05, 0.1) is 49.4 Å². The van der Waals surface area contributed by atoms with Crippen LogP contribution in [0.1, 0.15) is 70.6 Å². The Kier molecular flexibility index (Phi) is 14.9. The highest BCUT2D eigenvalue weighted by molar-refractivity contribution is 5.95. The first-order valence-electron chi connectivity index (χ1n) is 24.3. The molecule has 8 rings (SSSR count). The zero-order valence-corrected chi connectivity index (χ0v) is 42.0. The molecule has 22 heteroatoms. The monoisotopic (exact) mass is 1000 g/mol. The summed E-state index contributed by atoms with van der Waals surface area (Å²) >= 11 is 0. The van der Waals surface area contributed by atoms with Crippen LogP contribution in [0.15, 0.2) is 49.2 Å². The van der Waals surface area contributed by atoms with Crippen LogP contribution < -0.4 is 10.7 Å². The number of nitrogens with one attached hydrogen (secondary N) is 2. The second kappa shape index (κ2) is 20.6. The van der Waals surface area contributed by atoms with Crippen molar-refractivity contribution in [1.29, 1.82) is 0 Å². The Morgan fingerprint density at radius 2 is 1.89 bits per heavy atom. The standard InChI is InChI=1S/C50H64F3N11O8/c1-10-40(65)62-19-20-71-38-25-61(24-37(38)62)48(69)59(7)42(28(2)3)45(66)55-35-22-39-56-44(60(8)58-39)30-15-16-36-32(21-30)33(23-49(5,6)27-72-47(68)34-14-12-18-64(57-34)46(35)67)43(63(36)26-50(51,52)53)31-13-11-17-54-41(31)29(4)70-9/h10-11,13,15-17,21,28-29,34-35,37-38,42,57H,1,12,14,18-20,22-27H2,2-9H3,(H,55,66)/t29-,34-,35-,37+,38-,42-/m0/s1. The van der Waals surface area contributed by atoms with Crippen molar-refractivity contribution in [2.45, 2.75) is 109 Å². The summed E-state index contributed by atoms with van der Waals surface area (Å²) in [5.74, 6) is -2.04. The normalized spacial score (nSPS) is 22.5. The Labute approximate surface area is 416 Å². The number of urea groups is 1. The maximum atomic E-state index is 14.7. The molecule has 0 unspecified atom stereocenters. The van der Waals surface area contributed by atoms with Crippen molar-refractivity contribution in [2.75, 3.05) is 53.6 Å². The molecule has 0 spiro atoms. The summed E-state index contributed by atoms with van der Waals surface area (Å²) in [4.78, 5) is 84.2. The molecule has 3 saturated heterocycles. The highest BCUT2D eigenvalue weighted by Crippen LogP contribution is 2.43. The smallest absolute Gasteiger partial charge is 0.406 e. The van der Waals surface area contributed by atoms with E-state index in [9.17, 15) is 37.1 Å². The number of hydrogen-bond donors (Lipinski definition) is 2. The fraction of sp³-hybridized carbons (Fsp3) is 0.560. The van der Waals surface area contributed by atoms with Gasteiger partial charge in [-0.25, -0.2) is 19.9 Å². The van der Waals surface area contributed by atoms with Gasteiger partial charge in [-0.05, 0) is 74.1 Å². The number of nitrogens with zero attached hydrogens (tertiary/aromatic N) is 9. The number of rotatable bonds is 9. The van der Waals surface area contributed by atoms with Gasteiger partial charge in [0.2, 0.25) is 11.8 Å². The minimum atomic E-state index is -4.62. The minimum Gasteiger partial charge on any atom is -0.464 e. The molecule has 6 atom stereocenters. The number of carbonyl (C=O) groups excluding carboxylic acids is 5. The second-order valence-electron chi connectivity index (χ2n) is 20.3. The van der Waals surface area contributed by atoms with Gasteiger partial charge < -0.3 is 38.8 Å². The van der Waals surface area contributed by atoms with Crippen molar-refractivity contribution in [3.05, 3.63) is 66.3 Å². The van der Waals surface area contributed by atoms with Crippen LogP contribution in [0.25, 0.3) is 33.5 Å². The summed E-state index contributed by atoms with van der Waals surface area (Å²) in [6, 6.07) is 4.28. The molecule has 2 N–H and O–H groups in total. The number of benzene rings is 1. The Hall–Kier alpha value is -6.39. The van der Waals surface area contributed by atoms with E-state index in [1.54, 1.807) is 74.1 Å². The van der Waals surface area contributed by atoms with Crippen molar-refractivity contribution >= 4 is 40.6 Å². The number of methoxy groups -OCH3 is 1. The van der Waals surface area contributed by atoms with Crippen LogP contribution >= 0.6 is 0 Å². The van der Waals surface area contributed by atoms with E-state index < -0.39 is 78.2 Å². The van der Waals surface area contributed by atoms with Gasteiger partial charge in [0.25, 0.3) is 5.91 Å². The first-order valence-corrected chi connectivity index (χ1v) is 24.3. The average molecular weight is 1000 g/mol. The van der Waals surface area contributed by atoms with E-state index in [0.29, 0.717) is 70.8 Å². The third-order valence-electron chi connectivity index (χ3n) is 14.1. The van der Waals surface area contributed by atoms with Crippen molar-refractivity contribution in [3.63, 3.8) is 0 Å². The van der Waals surface area contributed by atoms with E-state index in [1.807, 2.05) is 13.8 Å². The summed E-state index contributed by atoms with van der Waals surface area (Å²) in [5, 5.41) is 9.40. The molecule has 388 valence electrons. The summed E-state index contributed by atoms with van der Waals surface area (Å²) in [6.45, 7) is 12.5. The van der Waals surface area contributed by atoms with E-state index >= 15 is 0 Å². The van der Waals surface area contributed by atoms with Crippen LogP contribution in [0.5, 0.6) is 0 Å². The van der Waals surface area contributed by atoms with Gasteiger partial charge in [-0.3, -0.25) is 29.2 Å². The molecule has 0 aliphatic carbocycles. The maximum absolute atomic E-state index is 14.7. The third kappa shape index (κ3) is 10.6. The SMILES string of the molecule is C=CC(=O)N1CCO[C@H]2CN(C(=O)N(C)[C@H](C(=O)N[C@H]3Cc4nc(n(C)n4)-c4ccc5c(c4)c(c(-c4cccnc4[C@H](C)OC)n5CC(F)(F)F)CC(C)(C)COC(=O)[C@@H]4CCCN(N4)C3=O)C(C)C)C[C@H]21. The highest BCUT2D eigenvalue weighted by atomic mass is 19.4. The van der Waals surface area contributed by atoms with Crippen LogP contribution in [0.2, 0.25) is 0 Å². The Morgan fingerprint density at radius 3 is 2.60 bits per heavy atom. The Morgan fingerprint density at radius 1 is 1.12 bits per heavy atom. The molecule has 1 aromatic carbocycles. The molecular weight excluding hydrogens is 940 g/mol. The highest BCUT2D eigenvalue weighted by Gasteiger charge is 2.46. The van der Waals surface area contributed by atoms with Gasteiger partial charge in [-0.2, -0.15) is 18.3 Å². The number of aromatic nitrogens is 5. The van der Waals surface area contributed by atoms with E-state index in [2.05, 4.69) is 27.4 Å². The minimum absolute atomic E-state index is 0.122. The number of amides is 5. The van der Waals surface area contributed by atoms with Gasteiger partial charge in [0.1, 0.15) is 24.7 Å². The van der Waals surface area contributed by atoms with Crippen LogP contribution in [0, 0.1) is 11.3 Å². The number of morpholine rings is 1. The number of hydrogen-bond acceptors (Lipinski definition) is 12. The van der Waals surface area contributed by atoms with Crippen molar-refractivity contribution in [3.8, 4) is 22.6 Å². The molecule has 7 heterocycles. The number of likely N-dealkylation sites (tertiary alicyclic amines) is 1. The predicted molar refractivity (Wildman–Crippen MR) is 257 cm³/mol. The van der Waals surface area contributed by atoms with Crippen LogP contribution in [-0.2, 0) is 59.8 Å². The number of esters is 1. The summed E-state index contributed by atoms with van der Waals surface area (Å²) < 4.78 is 64.5. The molecule has 4 aromatic rings. The first kappa shape index (κ1) is 51.9. The van der Waals surface area contributed by atoms with E-state index in [1.165, 1.54) is 39.4 Å². The molecule has 19 nitrogen and oxygen atoms in total. The first-order chi connectivity index (χ1) is 34.1. The van der Waals surface area contributed by atoms with Crippen molar-refractivity contribution < 1.29 is 51.4 Å². The lowest BCUT2D eigenvalue weighted by Crippen LogP contribution is -2.62. The number of pyridine rings is 1. The van der Waals surface area contributed by atoms with Crippen molar-refractivity contribution in [1.82, 2.24) is 54.8 Å². The molecule has 4 aliphatic rings. The molecule has 6 bridgehead atoms. The molecule has 4 aliphatic heterocycles. The number of hydrazine groups is 1. The lowest BCUT2D eigenvalue weighted by molar-refractivity contribution is -0.155. The van der Waals surface area contributed by atoms with Gasteiger partial charge in [0.15, 0.2) is 11.6 Å². The number of likely N-dealkylation sites (N-methyl/N-ethyl adjacent to an activating group) is 1. The fourth-order valence-corrected chi connectivity index (χ4v) is 10.6. The maximum Gasteiger partial charge on any atom is 0.406 e. The zero-order chi connectivity index (χ0) is 52.0. The fourth-order valence-electron chi connectivity index (χ4n) is 10.6. The van der Waals surface area contributed by atoms with Crippen LogP contribution in [0.4, 0.5) is 18.0 Å². The third-order valence-corrected chi connectivity index (χ3v) is 14.1.